The summed E-state index contributed by atoms with van der Waals surface area (Å²) in [6.45, 7) is 4.00. The van der Waals surface area contributed by atoms with Crippen molar-refractivity contribution in [3.8, 4) is 0 Å². The van der Waals surface area contributed by atoms with Crippen LogP contribution in [0, 0.1) is 0 Å². The molecule has 0 spiro atoms. The van der Waals surface area contributed by atoms with Crippen molar-refractivity contribution in [1.29, 1.82) is 0 Å². The van der Waals surface area contributed by atoms with E-state index in [1.807, 2.05) is 15.9 Å². The van der Waals surface area contributed by atoms with Crippen molar-refractivity contribution in [2.75, 3.05) is 18.0 Å². The average Bonchev–Trinajstić information content (AvgIpc) is 2.92. The van der Waals surface area contributed by atoms with Gasteiger partial charge in [-0.3, -0.25) is 4.90 Å². The minimum absolute atomic E-state index is 0.201. The smallest absolute Gasteiger partial charge is 0.324 e. The third kappa shape index (κ3) is 1.88. The van der Waals surface area contributed by atoms with Gasteiger partial charge < -0.3 is 4.90 Å². The third-order valence-electron chi connectivity index (χ3n) is 4.11. The lowest BCUT2D eigenvalue weighted by Gasteiger charge is -2.37. The Morgan fingerprint density at radius 1 is 1.22 bits per heavy atom. The molecule has 18 heavy (non-hydrogen) atoms. The summed E-state index contributed by atoms with van der Waals surface area (Å²) in [4.78, 5) is 16.6. The highest BCUT2D eigenvalue weighted by atomic mass is 16.2. The fourth-order valence-corrected chi connectivity index (χ4v) is 3.04. The Morgan fingerprint density at radius 2 is 1.94 bits per heavy atom. The van der Waals surface area contributed by atoms with Crippen molar-refractivity contribution in [2.24, 2.45) is 0 Å². The number of fused-ring (bicyclic) bond motifs is 1. The van der Waals surface area contributed by atoms with E-state index in [0.29, 0.717) is 6.04 Å². The van der Waals surface area contributed by atoms with Crippen molar-refractivity contribution in [3.63, 3.8) is 0 Å². The predicted molar refractivity (Wildman–Crippen MR) is 72.9 cm³/mol. The molecule has 2 amide bonds. The molecule has 0 radical (unpaired) electrons. The van der Waals surface area contributed by atoms with Crippen LogP contribution in [-0.4, -0.2) is 30.1 Å². The molecule has 0 aromatic heterocycles. The van der Waals surface area contributed by atoms with Crippen LogP contribution in [0.5, 0.6) is 0 Å². The van der Waals surface area contributed by atoms with Crippen molar-refractivity contribution < 1.29 is 4.79 Å². The Kier molecular flexibility index (Phi) is 2.98. The molecule has 0 N–H and O–H groups in total. The summed E-state index contributed by atoms with van der Waals surface area (Å²) in [5, 5.41) is 0. The zero-order chi connectivity index (χ0) is 12.5. The van der Waals surface area contributed by atoms with Crippen molar-refractivity contribution in [3.05, 3.63) is 29.8 Å². The Labute approximate surface area is 108 Å². The zero-order valence-electron chi connectivity index (χ0n) is 10.9. The second kappa shape index (κ2) is 4.63. The number of anilines is 1. The number of hydrogen-bond acceptors (Lipinski definition) is 1. The Morgan fingerprint density at radius 3 is 2.72 bits per heavy atom. The number of likely N-dealkylation sites (tertiary alicyclic amines) is 1. The SMILES string of the molecule is CC1CCc2ccccc2N1C(=O)N1CCCC1. The molecule has 3 heteroatoms. The van der Waals surface area contributed by atoms with E-state index in [4.69, 9.17) is 0 Å². The number of urea groups is 1. The Hall–Kier alpha value is -1.51. The van der Waals surface area contributed by atoms with Crippen LogP contribution in [0.4, 0.5) is 10.5 Å². The van der Waals surface area contributed by atoms with Gasteiger partial charge in [0.15, 0.2) is 0 Å². The number of aryl methyl sites for hydroxylation is 1. The number of hydrogen-bond donors (Lipinski definition) is 0. The molecular weight excluding hydrogens is 224 g/mol. The Bertz CT molecular complexity index is 452. The van der Waals surface area contributed by atoms with Crippen LogP contribution in [-0.2, 0) is 6.42 Å². The molecule has 0 aliphatic carbocycles. The van der Waals surface area contributed by atoms with Gasteiger partial charge in [0.05, 0.1) is 0 Å². The summed E-state index contributed by atoms with van der Waals surface area (Å²) in [7, 11) is 0. The summed E-state index contributed by atoms with van der Waals surface area (Å²) in [6, 6.07) is 8.83. The summed E-state index contributed by atoms with van der Waals surface area (Å²) >= 11 is 0. The maximum absolute atomic E-state index is 12.6. The Balaban J connectivity index is 1.92. The highest BCUT2D eigenvalue weighted by Crippen LogP contribution is 2.31. The molecule has 1 aromatic rings. The third-order valence-corrected chi connectivity index (χ3v) is 4.11. The molecule has 1 atom stereocenters. The number of benzene rings is 1. The summed E-state index contributed by atoms with van der Waals surface area (Å²) < 4.78 is 0. The normalized spacial score (nSPS) is 23.1. The molecule has 0 saturated carbocycles. The lowest BCUT2D eigenvalue weighted by molar-refractivity contribution is 0.212. The predicted octanol–water partition coefficient (Wildman–Crippen LogP) is 3.04. The first-order valence-corrected chi connectivity index (χ1v) is 6.93. The molecule has 2 aliphatic heterocycles. The van der Waals surface area contributed by atoms with Crippen LogP contribution in [0.1, 0.15) is 31.7 Å². The number of para-hydroxylation sites is 1. The van der Waals surface area contributed by atoms with Gasteiger partial charge >= 0.3 is 6.03 Å². The lowest BCUT2D eigenvalue weighted by Crippen LogP contribution is -2.48. The molecule has 2 heterocycles. The van der Waals surface area contributed by atoms with E-state index in [1.54, 1.807) is 0 Å². The standard InChI is InChI=1S/C15H20N2O/c1-12-8-9-13-6-2-3-7-14(13)17(12)15(18)16-10-4-5-11-16/h2-3,6-7,12H,4-5,8-11H2,1H3. The highest BCUT2D eigenvalue weighted by molar-refractivity contribution is 5.94. The van der Waals surface area contributed by atoms with E-state index >= 15 is 0 Å². The second-order valence-corrected chi connectivity index (χ2v) is 5.36. The zero-order valence-corrected chi connectivity index (χ0v) is 10.9. The van der Waals surface area contributed by atoms with Crippen molar-refractivity contribution in [1.82, 2.24) is 4.90 Å². The molecule has 3 rings (SSSR count). The highest BCUT2D eigenvalue weighted by Gasteiger charge is 2.31. The van der Waals surface area contributed by atoms with Gasteiger partial charge in [0.1, 0.15) is 0 Å². The van der Waals surface area contributed by atoms with Gasteiger partial charge in [-0.25, -0.2) is 4.79 Å². The molecule has 0 bridgehead atoms. The van der Waals surface area contributed by atoms with Crippen molar-refractivity contribution >= 4 is 11.7 Å². The van der Waals surface area contributed by atoms with Gasteiger partial charge in [-0.15, -0.1) is 0 Å². The monoisotopic (exact) mass is 244 g/mol. The van der Waals surface area contributed by atoms with Crippen LogP contribution in [0.2, 0.25) is 0 Å². The topological polar surface area (TPSA) is 23.6 Å². The van der Waals surface area contributed by atoms with Gasteiger partial charge in [0.25, 0.3) is 0 Å². The number of nitrogens with zero attached hydrogens (tertiary/aromatic N) is 2. The van der Waals surface area contributed by atoms with Crippen LogP contribution < -0.4 is 4.90 Å². The molecule has 1 unspecified atom stereocenters. The van der Waals surface area contributed by atoms with E-state index < -0.39 is 0 Å². The van der Waals surface area contributed by atoms with Crippen LogP contribution in [0.15, 0.2) is 24.3 Å². The minimum atomic E-state index is 0.201. The number of carbonyl (C=O) groups excluding carboxylic acids is 1. The quantitative estimate of drug-likeness (QED) is 0.688. The maximum Gasteiger partial charge on any atom is 0.324 e. The molecule has 1 fully saturated rings. The summed E-state index contributed by atoms with van der Waals surface area (Å²) in [5.41, 5.74) is 2.43. The number of amides is 2. The van der Waals surface area contributed by atoms with E-state index in [2.05, 4.69) is 25.1 Å². The van der Waals surface area contributed by atoms with Crippen molar-refractivity contribution in [2.45, 2.75) is 38.6 Å². The molecule has 1 aromatic carbocycles. The van der Waals surface area contributed by atoms with Gasteiger partial charge in [0, 0.05) is 24.8 Å². The summed E-state index contributed by atoms with van der Waals surface area (Å²) in [5.74, 6) is 0. The molecule has 1 saturated heterocycles. The second-order valence-electron chi connectivity index (χ2n) is 5.36. The molecule has 2 aliphatic rings. The largest absolute Gasteiger partial charge is 0.324 e. The van der Waals surface area contributed by atoms with E-state index in [9.17, 15) is 4.79 Å². The number of rotatable bonds is 0. The first kappa shape index (κ1) is 11.6. The summed E-state index contributed by atoms with van der Waals surface area (Å²) in [6.07, 6.45) is 4.45. The minimum Gasteiger partial charge on any atom is -0.324 e. The lowest BCUT2D eigenvalue weighted by atomic mass is 9.97. The van der Waals surface area contributed by atoms with Crippen LogP contribution >= 0.6 is 0 Å². The van der Waals surface area contributed by atoms with Gasteiger partial charge in [-0.2, -0.15) is 0 Å². The maximum atomic E-state index is 12.6. The van der Waals surface area contributed by atoms with E-state index in [1.165, 1.54) is 5.56 Å². The molecule has 3 nitrogen and oxygen atoms in total. The van der Waals surface area contributed by atoms with Crippen LogP contribution in [0.3, 0.4) is 0 Å². The fraction of sp³-hybridized carbons (Fsp3) is 0.533. The number of carbonyl (C=O) groups is 1. The molecule has 96 valence electrons. The van der Waals surface area contributed by atoms with Gasteiger partial charge in [-0.1, -0.05) is 18.2 Å². The van der Waals surface area contributed by atoms with Crippen LogP contribution in [0.25, 0.3) is 0 Å². The van der Waals surface area contributed by atoms with E-state index in [-0.39, 0.29) is 6.03 Å². The van der Waals surface area contributed by atoms with E-state index in [0.717, 1.165) is 44.5 Å². The van der Waals surface area contributed by atoms with Gasteiger partial charge in [-0.05, 0) is 44.2 Å². The fourth-order valence-electron chi connectivity index (χ4n) is 3.04. The molecular formula is C15H20N2O. The average molecular weight is 244 g/mol. The van der Waals surface area contributed by atoms with Gasteiger partial charge in [0.2, 0.25) is 0 Å². The first-order chi connectivity index (χ1) is 8.77. The first-order valence-electron chi connectivity index (χ1n) is 6.93.